The van der Waals surface area contributed by atoms with Gasteiger partial charge in [-0.25, -0.2) is 0 Å². The van der Waals surface area contributed by atoms with Gasteiger partial charge in [-0.1, -0.05) is 36.4 Å². The number of hydrogen-bond acceptors (Lipinski definition) is 1. The van der Waals surface area contributed by atoms with E-state index in [1.165, 1.54) is 40.1 Å². The van der Waals surface area contributed by atoms with Gasteiger partial charge in [0.05, 0.1) is 6.04 Å². The Hall–Kier alpha value is -2.28. The summed E-state index contributed by atoms with van der Waals surface area (Å²) in [5, 5.41) is 9.79. The van der Waals surface area contributed by atoms with Crippen molar-refractivity contribution in [2.45, 2.75) is 25.3 Å². The Morgan fingerprint density at radius 3 is 3.10 bits per heavy atom. The third kappa shape index (κ3) is 1.08. The van der Waals surface area contributed by atoms with Gasteiger partial charge in [0.2, 0.25) is 0 Å². The summed E-state index contributed by atoms with van der Waals surface area (Å²) in [5.41, 5.74) is 7.37. The standard InChI is InChI=1S/C20H15N/c1-3-11-7-9-15-19-17(11)13(5-1)14-6-2-4-12-8-10-16(21-15)20(19)18(12)14/h1,3,6-10,16,21H,2,4-5H2. The average molecular weight is 269 g/mol. The van der Waals surface area contributed by atoms with E-state index in [-0.39, 0.29) is 0 Å². The van der Waals surface area contributed by atoms with Crippen molar-refractivity contribution in [2.24, 2.45) is 0 Å². The largest absolute Gasteiger partial charge is 0.374 e. The highest BCUT2D eigenvalue weighted by atomic mass is 14.9. The molecule has 2 aromatic carbocycles. The van der Waals surface area contributed by atoms with Crippen LogP contribution in [-0.2, 0) is 6.42 Å². The van der Waals surface area contributed by atoms with Gasteiger partial charge in [-0.15, -0.1) is 0 Å². The Labute approximate surface area is 123 Å². The third-order valence-corrected chi connectivity index (χ3v) is 5.49. The topological polar surface area (TPSA) is 12.0 Å². The maximum Gasteiger partial charge on any atom is 0.0714 e. The molecule has 4 aliphatic rings. The summed E-state index contributed by atoms with van der Waals surface area (Å²) in [6, 6.07) is 4.91. The Bertz CT molecular complexity index is 1030. The molecule has 0 saturated carbocycles. The van der Waals surface area contributed by atoms with Crippen molar-refractivity contribution in [3.63, 3.8) is 0 Å². The van der Waals surface area contributed by atoms with Crippen LogP contribution in [0.1, 0.15) is 35.6 Å². The van der Waals surface area contributed by atoms with Gasteiger partial charge in [0.15, 0.2) is 0 Å². The monoisotopic (exact) mass is 269 g/mol. The lowest BCUT2D eigenvalue weighted by Gasteiger charge is -2.22. The number of anilines is 1. The fourth-order valence-electron chi connectivity index (χ4n) is 4.70. The number of hydrogen-bond donors (Lipinski definition) is 1. The lowest BCUT2D eigenvalue weighted by atomic mass is 9.81. The molecule has 1 nitrogen and oxygen atoms in total. The number of benzene rings is 2. The zero-order chi connectivity index (χ0) is 13.6. The molecule has 0 radical (unpaired) electrons. The normalized spacial score (nSPS) is 22.5. The van der Waals surface area contributed by atoms with Crippen LogP contribution >= 0.6 is 0 Å². The molecule has 1 heterocycles. The summed E-state index contributed by atoms with van der Waals surface area (Å²) < 4.78 is 0. The fraction of sp³-hybridized carbons (Fsp3) is 0.200. The smallest absolute Gasteiger partial charge is 0.0714 e. The third-order valence-electron chi connectivity index (χ3n) is 5.49. The molecule has 1 unspecified atom stereocenters. The van der Waals surface area contributed by atoms with Crippen molar-refractivity contribution in [1.29, 1.82) is 0 Å². The summed E-state index contributed by atoms with van der Waals surface area (Å²) in [4.78, 5) is 0. The summed E-state index contributed by atoms with van der Waals surface area (Å²) in [6.07, 6.45) is 15.3. The quantitative estimate of drug-likeness (QED) is 0.774. The van der Waals surface area contributed by atoms with Gasteiger partial charge in [-0.3, -0.25) is 0 Å². The van der Waals surface area contributed by atoms with Gasteiger partial charge >= 0.3 is 0 Å². The summed E-state index contributed by atoms with van der Waals surface area (Å²) in [5.74, 6) is 0. The summed E-state index contributed by atoms with van der Waals surface area (Å²) in [6.45, 7) is 0. The first-order valence-electron chi connectivity index (χ1n) is 7.88. The van der Waals surface area contributed by atoms with Crippen LogP contribution in [0.25, 0.3) is 28.5 Å². The number of nitrogens with one attached hydrogen (secondary N) is 1. The van der Waals surface area contributed by atoms with Crippen LogP contribution < -0.4 is 15.8 Å². The first-order valence-corrected chi connectivity index (χ1v) is 7.88. The molecule has 0 amide bonds. The Morgan fingerprint density at radius 2 is 2.10 bits per heavy atom. The highest BCUT2D eigenvalue weighted by molar-refractivity contribution is 6.07. The van der Waals surface area contributed by atoms with Crippen LogP contribution in [0.3, 0.4) is 0 Å². The molecule has 21 heavy (non-hydrogen) atoms. The molecule has 1 aliphatic heterocycles. The van der Waals surface area contributed by atoms with Gasteiger partial charge in [0.1, 0.15) is 0 Å². The van der Waals surface area contributed by atoms with Crippen LogP contribution in [0.5, 0.6) is 0 Å². The van der Waals surface area contributed by atoms with Crippen LogP contribution in [-0.4, -0.2) is 0 Å². The van der Waals surface area contributed by atoms with Crippen molar-refractivity contribution in [3.8, 4) is 0 Å². The fourth-order valence-corrected chi connectivity index (χ4v) is 4.70. The Balaban J connectivity index is 2.03. The Morgan fingerprint density at radius 1 is 1.10 bits per heavy atom. The minimum absolute atomic E-state index is 0.374. The predicted octanol–water partition coefficient (Wildman–Crippen LogP) is 3.17. The van der Waals surface area contributed by atoms with E-state index in [1.54, 1.807) is 21.9 Å². The second-order valence-electron chi connectivity index (χ2n) is 6.49. The molecule has 0 spiro atoms. The minimum atomic E-state index is 0.374. The van der Waals surface area contributed by atoms with Crippen LogP contribution in [0, 0.1) is 0 Å². The molecule has 3 aliphatic carbocycles. The maximum atomic E-state index is 3.71. The van der Waals surface area contributed by atoms with Crippen molar-refractivity contribution in [2.75, 3.05) is 5.32 Å². The van der Waals surface area contributed by atoms with E-state index in [2.05, 4.69) is 47.8 Å². The molecule has 2 aromatic rings. The molecular formula is C20H15N. The predicted molar refractivity (Wildman–Crippen MR) is 88.5 cm³/mol. The van der Waals surface area contributed by atoms with Gasteiger partial charge in [0.25, 0.3) is 0 Å². The first-order chi connectivity index (χ1) is 10.4. The van der Waals surface area contributed by atoms with E-state index in [0.717, 1.165) is 6.42 Å². The second-order valence-corrected chi connectivity index (χ2v) is 6.49. The first kappa shape index (κ1) is 10.4. The minimum Gasteiger partial charge on any atom is -0.374 e. The van der Waals surface area contributed by atoms with Crippen molar-refractivity contribution in [1.82, 2.24) is 0 Å². The van der Waals surface area contributed by atoms with Crippen molar-refractivity contribution in [3.05, 3.63) is 57.5 Å². The molecule has 1 heteroatoms. The van der Waals surface area contributed by atoms with Gasteiger partial charge in [-0.2, -0.15) is 0 Å². The van der Waals surface area contributed by atoms with E-state index in [0.29, 0.717) is 6.04 Å². The zero-order valence-corrected chi connectivity index (χ0v) is 11.7. The average Bonchev–Trinajstić information content (AvgIpc) is 2.93. The maximum absolute atomic E-state index is 3.71. The molecule has 0 fully saturated rings. The van der Waals surface area contributed by atoms with E-state index in [9.17, 15) is 0 Å². The lowest BCUT2D eigenvalue weighted by Crippen LogP contribution is -2.38. The van der Waals surface area contributed by atoms with Crippen LogP contribution in [0.4, 0.5) is 5.69 Å². The van der Waals surface area contributed by atoms with Gasteiger partial charge in [-0.05, 0) is 63.4 Å². The molecule has 0 aromatic heterocycles. The SMILES string of the molecule is C1=Cc2ccc3c4c5c6c(c(c24)C1)=CCCC=6C=CC5N3. The van der Waals surface area contributed by atoms with Crippen molar-refractivity contribution < 1.29 is 0 Å². The summed E-state index contributed by atoms with van der Waals surface area (Å²) in [7, 11) is 0. The van der Waals surface area contributed by atoms with Gasteiger partial charge in [0, 0.05) is 11.1 Å². The molecule has 0 saturated heterocycles. The highest BCUT2D eigenvalue weighted by Crippen LogP contribution is 2.43. The molecule has 100 valence electrons. The second kappa shape index (κ2) is 3.30. The van der Waals surface area contributed by atoms with Crippen LogP contribution in [0.15, 0.2) is 30.4 Å². The highest BCUT2D eigenvalue weighted by Gasteiger charge is 2.30. The molecular weight excluding hydrogens is 254 g/mol. The Kier molecular flexibility index (Phi) is 1.64. The lowest BCUT2D eigenvalue weighted by molar-refractivity contribution is 0.970. The van der Waals surface area contributed by atoms with E-state index in [4.69, 9.17) is 0 Å². The summed E-state index contributed by atoms with van der Waals surface area (Å²) >= 11 is 0. The van der Waals surface area contributed by atoms with Crippen LogP contribution in [0.2, 0.25) is 0 Å². The van der Waals surface area contributed by atoms with Crippen molar-refractivity contribution >= 4 is 34.2 Å². The number of fused-ring (bicyclic) bond motifs is 1. The number of allylic oxidation sites excluding steroid dienone is 2. The molecule has 1 N–H and O–H groups in total. The zero-order valence-electron chi connectivity index (χ0n) is 11.7. The molecule has 6 rings (SSSR count). The van der Waals surface area contributed by atoms with Gasteiger partial charge < -0.3 is 5.32 Å². The number of rotatable bonds is 0. The van der Waals surface area contributed by atoms with E-state index < -0.39 is 0 Å². The molecule has 0 bridgehead atoms. The molecule has 1 atom stereocenters. The van der Waals surface area contributed by atoms with E-state index >= 15 is 0 Å². The van der Waals surface area contributed by atoms with E-state index in [1.807, 2.05) is 0 Å².